The lowest BCUT2D eigenvalue weighted by Gasteiger charge is -2.29. The summed E-state index contributed by atoms with van der Waals surface area (Å²) in [6.45, 7) is 3.77. The summed E-state index contributed by atoms with van der Waals surface area (Å²) in [5, 5.41) is 11.4. The first kappa shape index (κ1) is 32.7. The molecule has 0 spiro atoms. The lowest BCUT2D eigenvalue weighted by atomic mass is 10.0. The van der Waals surface area contributed by atoms with Crippen LogP contribution < -0.4 is 10.1 Å². The van der Waals surface area contributed by atoms with E-state index in [4.69, 9.17) is 0 Å². The minimum atomic E-state index is -5.03. The van der Waals surface area contributed by atoms with Gasteiger partial charge in [-0.2, -0.15) is 0 Å². The quantitative estimate of drug-likeness (QED) is 0.284. The number of aromatic amines is 1. The van der Waals surface area contributed by atoms with Crippen molar-refractivity contribution in [2.75, 3.05) is 19.9 Å². The van der Waals surface area contributed by atoms with Gasteiger partial charge in [0.25, 0.3) is 0 Å². The number of aromatic carboxylic acids is 1. The van der Waals surface area contributed by atoms with E-state index in [1.54, 1.807) is 55.5 Å². The number of nitrogens with zero attached hydrogens (tertiary/aromatic N) is 2. The Hall–Kier alpha value is -4.24. The van der Waals surface area contributed by atoms with Crippen LogP contribution in [0.15, 0.2) is 48.7 Å². The van der Waals surface area contributed by atoms with Crippen LogP contribution in [-0.2, 0) is 20.7 Å². The van der Waals surface area contributed by atoms with Crippen molar-refractivity contribution in [1.82, 2.24) is 20.2 Å². The number of carbonyl (C=O) groups excluding carboxylic acids is 2. The summed E-state index contributed by atoms with van der Waals surface area (Å²) in [7, 11) is 1.20. The number of benzene rings is 2. The molecule has 1 aromatic heterocycles. The van der Waals surface area contributed by atoms with E-state index in [1.807, 2.05) is 0 Å². The average molecular weight is 637 g/mol. The Balaban J connectivity index is 1.61. The molecule has 3 aromatic rings. The second-order valence-corrected chi connectivity index (χ2v) is 12.2. The van der Waals surface area contributed by atoms with Crippen LogP contribution in [0.3, 0.4) is 0 Å². The second-order valence-electron chi connectivity index (χ2n) is 10.5. The SMILES string of the molecule is COC(=O)NC(C(=O)N1C[C@@H]([S+](C)[O-])C[C@H]1c1nc(-c2ccc(-c3ccc(C(=O)O)cc3OC(F)(F)F)cc2)c[nH]1)C(C)C. The molecule has 1 aliphatic rings. The van der Waals surface area contributed by atoms with E-state index in [-0.39, 0.29) is 34.7 Å². The molecule has 3 N–H and O–H groups in total. The molecule has 1 aliphatic heterocycles. The molecule has 2 heterocycles. The third kappa shape index (κ3) is 7.45. The van der Waals surface area contributed by atoms with Crippen LogP contribution in [-0.4, -0.2) is 80.1 Å². The number of rotatable bonds is 9. The van der Waals surface area contributed by atoms with Gasteiger partial charge in [0.1, 0.15) is 22.9 Å². The van der Waals surface area contributed by atoms with Gasteiger partial charge in [0, 0.05) is 23.7 Å². The molecule has 0 saturated carbocycles. The summed E-state index contributed by atoms with van der Waals surface area (Å²) >= 11 is -1.23. The van der Waals surface area contributed by atoms with Gasteiger partial charge in [0.05, 0.1) is 37.2 Å². The van der Waals surface area contributed by atoms with Gasteiger partial charge < -0.3 is 34.3 Å². The molecular formula is C29H31F3N4O7S. The molecule has 4 rings (SSSR count). The number of ether oxygens (including phenoxy) is 2. The van der Waals surface area contributed by atoms with Crippen molar-refractivity contribution in [2.24, 2.45) is 5.92 Å². The van der Waals surface area contributed by atoms with Crippen molar-refractivity contribution < 1.29 is 46.7 Å². The number of halogens is 3. The van der Waals surface area contributed by atoms with Crippen molar-refractivity contribution in [3.05, 3.63) is 60.0 Å². The molecule has 236 valence electrons. The van der Waals surface area contributed by atoms with Gasteiger partial charge in [0.15, 0.2) is 0 Å². The Kier molecular flexibility index (Phi) is 9.78. The smallest absolute Gasteiger partial charge is 0.573 e. The summed E-state index contributed by atoms with van der Waals surface area (Å²) in [5.41, 5.74) is 1.12. The molecule has 1 fully saturated rings. The minimum absolute atomic E-state index is 0.0422. The summed E-state index contributed by atoms with van der Waals surface area (Å²) in [5.74, 6) is -2.23. The van der Waals surface area contributed by atoms with E-state index >= 15 is 0 Å². The number of likely N-dealkylation sites (tertiary alicyclic amines) is 1. The number of H-pyrrole nitrogens is 1. The van der Waals surface area contributed by atoms with Crippen LogP contribution in [0.25, 0.3) is 22.4 Å². The van der Waals surface area contributed by atoms with Crippen LogP contribution in [0.4, 0.5) is 18.0 Å². The number of nitrogens with one attached hydrogen (secondary N) is 2. The van der Waals surface area contributed by atoms with Gasteiger partial charge in [-0.15, -0.1) is 13.2 Å². The number of methoxy groups -OCH3 is 1. The van der Waals surface area contributed by atoms with E-state index in [0.717, 1.165) is 6.07 Å². The molecule has 11 nitrogen and oxygen atoms in total. The summed E-state index contributed by atoms with van der Waals surface area (Å²) in [6.07, 6.45) is -2.21. The number of imidazole rings is 1. The Morgan fingerprint density at radius 2 is 1.82 bits per heavy atom. The zero-order valence-corrected chi connectivity index (χ0v) is 25.0. The number of alkyl carbamates (subject to hydrolysis) is 1. The van der Waals surface area contributed by atoms with Gasteiger partial charge in [-0.3, -0.25) is 4.79 Å². The number of carbonyl (C=O) groups is 3. The molecule has 4 atom stereocenters. The van der Waals surface area contributed by atoms with Gasteiger partial charge in [0.2, 0.25) is 5.91 Å². The van der Waals surface area contributed by atoms with E-state index in [0.29, 0.717) is 29.1 Å². The number of aromatic nitrogens is 2. The Labute approximate surface area is 253 Å². The van der Waals surface area contributed by atoms with E-state index < -0.39 is 47.4 Å². The number of alkyl halides is 3. The summed E-state index contributed by atoms with van der Waals surface area (Å²) in [6, 6.07) is 8.17. The minimum Gasteiger partial charge on any atom is -0.616 e. The highest BCUT2D eigenvalue weighted by Gasteiger charge is 2.44. The van der Waals surface area contributed by atoms with Crippen molar-refractivity contribution in [2.45, 2.75) is 44.0 Å². The number of hydrogen-bond acceptors (Lipinski definition) is 7. The van der Waals surface area contributed by atoms with Gasteiger partial charge in [-0.1, -0.05) is 49.3 Å². The van der Waals surface area contributed by atoms with E-state index in [2.05, 4.69) is 24.8 Å². The van der Waals surface area contributed by atoms with Crippen LogP contribution in [0.1, 0.15) is 42.5 Å². The summed E-state index contributed by atoms with van der Waals surface area (Å²) < 4.78 is 60.3. The van der Waals surface area contributed by atoms with Crippen molar-refractivity contribution in [3.8, 4) is 28.1 Å². The monoisotopic (exact) mass is 636 g/mol. The van der Waals surface area contributed by atoms with Gasteiger partial charge in [-0.05, 0) is 29.7 Å². The van der Waals surface area contributed by atoms with E-state index in [9.17, 15) is 37.2 Å². The van der Waals surface area contributed by atoms with Crippen LogP contribution in [0.2, 0.25) is 0 Å². The van der Waals surface area contributed by atoms with Crippen molar-refractivity contribution in [1.29, 1.82) is 0 Å². The fourth-order valence-electron chi connectivity index (χ4n) is 5.00. The molecule has 15 heteroatoms. The third-order valence-corrected chi connectivity index (χ3v) is 8.55. The predicted octanol–water partition coefficient (Wildman–Crippen LogP) is 4.74. The normalized spacial score (nSPS) is 18.2. The lowest BCUT2D eigenvalue weighted by molar-refractivity contribution is -0.274. The van der Waals surface area contributed by atoms with Crippen LogP contribution in [0.5, 0.6) is 5.75 Å². The molecule has 0 aliphatic carbocycles. The molecule has 2 amide bonds. The van der Waals surface area contributed by atoms with Crippen molar-refractivity contribution in [3.63, 3.8) is 0 Å². The molecule has 0 bridgehead atoms. The highest BCUT2D eigenvalue weighted by atomic mass is 32.2. The van der Waals surface area contributed by atoms with Gasteiger partial charge in [-0.25, -0.2) is 14.6 Å². The second kappa shape index (κ2) is 13.2. The Morgan fingerprint density at radius 1 is 1.16 bits per heavy atom. The standard InChI is InChI=1S/C29H31F3N4O7S/c1-15(2)24(35-28(40)42-3)26(37)36-14-19(44(4)41)12-22(36)25-33-13-21(34-25)17-7-5-16(6-8-17)20-10-9-18(27(38)39)11-23(20)43-29(30,31)32/h5-11,13,15,19,22,24H,12,14H2,1-4H3,(H,33,34)(H,35,40)(H,38,39)/t19-,22-,24?,44?/m0/s1. The molecular weight excluding hydrogens is 605 g/mol. The number of hydrogen-bond donors (Lipinski definition) is 3. The molecule has 0 radical (unpaired) electrons. The average Bonchev–Trinajstić information content (AvgIpc) is 3.62. The largest absolute Gasteiger partial charge is 0.616 e. The first-order chi connectivity index (χ1) is 20.7. The first-order valence-electron chi connectivity index (χ1n) is 13.4. The zero-order valence-electron chi connectivity index (χ0n) is 24.2. The highest BCUT2D eigenvalue weighted by molar-refractivity contribution is 7.91. The zero-order chi connectivity index (χ0) is 32.3. The molecule has 1 saturated heterocycles. The van der Waals surface area contributed by atoms with Crippen molar-refractivity contribution >= 4 is 29.1 Å². The fraction of sp³-hybridized carbons (Fsp3) is 0.379. The topological polar surface area (TPSA) is 157 Å². The fourth-order valence-corrected chi connectivity index (χ4v) is 5.82. The molecule has 2 unspecified atom stereocenters. The Bertz CT molecular complexity index is 1510. The lowest BCUT2D eigenvalue weighted by Crippen LogP contribution is -2.51. The third-order valence-electron chi connectivity index (χ3n) is 7.27. The summed E-state index contributed by atoms with van der Waals surface area (Å²) in [4.78, 5) is 46.1. The maximum atomic E-state index is 13.6. The van der Waals surface area contributed by atoms with Crippen LogP contribution >= 0.6 is 0 Å². The molecule has 2 aromatic carbocycles. The maximum absolute atomic E-state index is 13.6. The highest BCUT2D eigenvalue weighted by Crippen LogP contribution is 2.37. The Morgan fingerprint density at radius 3 is 2.39 bits per heavy atom. The number of carboxylic acids is 1. The first-order valence-corrected chi connectivity index (χ1v) is 15.1. The number of carboxylic acid groups (broad SMARTS) is 1. The van der Waals surface area contributed by atoms with Gasteiger partial charge >= 0.3 is 18.4 Å². The maximum Gasteiger partial charge on any atom is 0.573 e. The predicted molar refractivity (Wildman–Crippen MR) is 154 cm³/mol. The number of amides is 2. The van der Waals surface area contributed by atoms with Crippen LogP contribution in [0, 0.1) is 5.92 Å². The van der Waals surface area contributed by atoms with E-state index in [1.165, 1.54) is 19.2 Å². The molecule has 44 heavy (non-hydrogen) atoms.